The summed E-state index contributed by atoms with van der Waals surface area (Å²) >= 11 is 0.349. The fraction of sp³-hybridized carbons (Fsp3) is 0.500. The van der Waals surface area contributed by atoms with Crippen molar-refractivity contribution < 1.29 is 60.0 Å². The third-order valence-electron chi connectivity index (χ3n) is 9.82. The number of rotatable bonds is 12. The van der Waals surface area contributed by atoms with Gasteiger partial charge in [0.25, 0.3) is 11.8 Å². The molecule has 0 spiro atoms. The molecule has 4 heterocycles. The number of halogens is 6. The number of nitrogens with zero attached hydrogens (tertiary/aromatic N) is 3. The van der Waals surface area contributed by atoms with Crippen LogP contribution in [0.15, 0.2) is 54.2 Å². The predicted molar refractivity (Wildman–Crippen MR) is 180 cm³/mol. The zero-order chi connectivity index (χ0) is 38.6. The number of alkyl halides is 6. The molecule has 288 valence electrons. The maximum Gasteiger partial charge on any atom is 0.425 e. The third kappa shape index (κ3) is 8.10. The van der Waals surface area contributed by atoms with Gasteiger partial charge in [-0.1, -0.05) is 31.5 Å². The Labute approximate surface area is 305 Å². The molecule has 2 saturated heterocycles. The van der Waals surface area contributed by atoms with Gasteiger partial charge in [0.2, 0.25) is 5.60 Å². The lowest BCUT2D eigenvalue weighted by atomic mass is 9.71. The van der Waals surface area contributed by atoms with Crippen molar-refractivity contribution in [3.05, 3.63) is 75.7 Å². The molecular formula is C36H39F6N3O7S. The number of thiophene rings is 1. The Morgan fingerprint density at radius 1 is 1.00 bits per heavy atom. The van der Waals surface area contributed by atoms with Crippen molar-refractivity contribution >= 4 is 29.1 Å². The molecule has 0 radical (unpaired) electrons. The summed E-state index contributed by atoms with van der Waals surface area (Å²) in [7, 11) is 1.50. The van der Waals surface area contributed by atoms with E-state index in [9.17, 15) is 45.8 Å². The zero-order valence-electron chi connectivity index (χ0n) is 29.0. The summed E-state index contributed by atoms with van der Waals surface area (Å²) in [5.74, 6) is -2.87. The Balaban J connectivity index is 1.54. The number of aliphatic carboxylic acids is 1. The van der Waals surface area contributed by atoms with Gasteiger partial charge in [0.1, 0.15) is 23.0 Å². The molecule has 2 aliphatic heterocycles. The van der Waals surface area contributed by atoms with Crippen LogP contribution in [0.2, 0.25) is 0 Å². The number of hydrogen-bond acceptors (Lipinski definition) is 8. The molecule has 2 aliphatic rings. The van der Waals surface area contributed by atoms with Crippen LogP contribution in [0.5, 0.6) is 11.5 Å². The summed E-state index contributed by atoms with van der Waals surface area (Å²) in [6.07, 6.45) is -7.70. The number of carbonyl (C=O) groups excluding carboxylic acids is 2. The molecule has 10 nitrogen and oxygen atoms in total. The highest BCUT2D eigenvalue weighted by atomic mass is 32.1. The van der Waals surface area contributed by atoms with Crippen molar-refractivity contribution in [2.75, 3.05) is 40.0 Å². The number of carbonyl (C=O) groups is 3. The number of carboxylic acids is 1. The number of pyridine rings is 1. The third-order valence-corrected chi connectivity index (χ3v) is 10.8. The van der Waals surface area contributed by atoms with Crippen LogP contribution in [0.4, 0.5) is 26.3 Å². The average molecular weight is 772 g/mol. The van der Waals surface area contributed by atoms with Gasteiger partial charge in [0, 0.05) is 62.6 Å². The van der Waals surface area contributed by atoms with Gasteiger partial charge in [-0.05, 0) is 37.8 Å². The van der Waals surface area contributed by atoms with E-state index in [0.717, 1.165) is 28.7 Å². The number of likely N-dealkylation sites (tertiary alicyclic amines) is 2. The molecule has 17 heteroatoms. The van der Waals surface area contributed by atoms with Gasteiger partial charge in [-0.25, -0.2) is 0 Å². The summed E-state index contributed by atoms with van der Waals surface area (Å²) < 4.78 is 100. The summed E-state index contributed by atoms with van der Waals surface area (Å²) in [6.45, 7) is 1.85. The molecule has 53 heavy (non-hydrogen) atoms. The molecule has 1 aromatic carbocycles. The van der Waals surface area contributed by atoms with Crippen LogP contribution in [-0.4, -0.2) is 89.3 Å². The molecule has 1 N–H and O–H groups in total. The second-order valence-corrected chi connectivity index (χ2v) is 13.9. The van der Waals surface area contributed by atoms with E-state index in [1.807, 2.05) is 0 Å². The first-order valence-corrected chi connectivity index (χ1v) is 17.9. The van der Waals surface area contributed by atoms with E-state index < -0.39 is 63.2 Å². The quantitative estimate of drug-likeness (QED) is 0.154. The van der Waals surface area contributed by atoms with Crippen LogP contribution in [-0.2, 0) is 32.1 Å². The van der Waals surface area contributed by atoms with Crippen molar-refractivity contribution in [1.82, 2.24) is 14.8 Å². The second-order valence-electron chi connectivity index (χ2n) is 13.0. The lowest BCUT2D eigenvalue weighted by Crippen LogP contribution is -2.69. The Bertz CT molecular complexity index is 1780. The topological polar surface area (TPSA) is 119 Å². The van der Waals surface area contributed by atoms with E-state index in [1.165, 1.54) is 12.0 Å². The Morgan fingerprint density at radius 3 is 2.34 bits per heavy atom. The molecule has 3 aromatic rings. The van der Waals surface area contributed by atoms with Gasteiger partial charge in [0.15, 0.2) is 0 Å². The van der Waals surface area contributed by atoms with E-state index in [1.54, 1.807) is 31.2 Å². The van der Waals surface area contributed by atoms with E-state index in [0.29, 0.717) is 35.1 Å². The Kier molecular flexibility index (Phi) is 12.0. The van der Waals surface area contributed by atoms with Gasteiger partial charge in [-0.15, -0.1) is 11.3 Å². The highest BCUT2D eigenvalue weighted by Gasteiger charge is 2.57. The van der Waals surface area contributed by atoms with Gasteiger partial charge in [-0.3, -0.25) is 19.4 Å². The number of para-hydroxylation sites is 1. The largest absolute Gasteiger partial charge is 0.491 e. The molecule has 2 fully saturated rings. The maximum atomic E-state index is 14.9. The summed E-state index contributed by atoms with van der Waals surface area (Å²) in [6, 6.07) is 6.87. The molecular weight excluding hydrogens is 732 g/mol. The molecule has 0 aliphatic carbocycles. The Hall–Kier alpha value is -4.38. The van der Waals surface area contributed by atoms with Gasteiger partial charge in [0.05, 0.1) is 29.2 Å². The van der Waals surface area contributed by atoms with Gasteiger partial charge in [-0.2, -0.15) is 26.3 Å². The molecule has 2 aromatic heterocycles. The molecule has 2 amide bonds. The number of benzene rings is 1. The van der Waals surface area contributed by atoms with Crippen LogP contribution < -0.4 is 9.47 Å². The number of methoxy groups -OCH3 is 1. The molecule has 2 atom stereocenters. The Morgan fingerprint density at radius 2 is 1.72 bits per heavy atom. The average Bonchev–Trinajstić information content (AvgIpc) is 3.61. The highest BCUT2D eigenvalue weighted by molar-refractivity contribution is 7.10. The number of amides is 2. The second kappa shape index (κ2) is 15.9. The van der Waals surface area contributed by atoms with E-state index in [2.05, 4.69) is 4.98 Å². The van der Waals surface area contributed by atoms with Crippen molar-refractivity contribution in [2.45, 2.75) is 74.9 Å². The number of aromatic nitrogens is 1. The number of carboxylic acid groups (broad SMARTS) is 1. The van der Waals surface area contributed by atoms with Crippen LogP contribution >= 0.6 is 11.3 Å². The first kappa shape index (κ1) is 39.8. The van der Waals surface area contributed by atoms with Crippen LogP contribution in [0, 0.1) is 0 Å². The smallest absolute Gasteiger partial charge is 0.425 e. The lowest BCUT2D eigenvalue weighted by molar-refractivity contribution is -0.163. The highest BCUT2D eigenvalue weighted by Crippen LogP contribution is 2.45. The molecule has 0 unspecified atom stereocenters. The summed E-state index contributed by atoms with van der Waals surface area (Å²) in [5, 5.41) is 11.7. The SMILES string of the molecule is CCC[C@H]1N(C(=O)c2cnccc2C(F)(F)F)CCC[C@@]1(Oc1csc(C(F)(F)F)c1)C(=O)N1CCC(C(=O)O)(c2ccccc2OCCOC)CC1. The molecule has 0 saturated carbocycles. The molecule has 5 rings (SSSR count). The molecule has 0 bridgehead atoms. The van der Waals surface area contributed by atoms with Crippen molar-refractivity contribution in [1.29, 1.82) is 0 Å². The minimum Gasteiger partial charge on any atom is -0.491 e. The van der Waals surface area contributed by atoms with E-state index in [4.69, 9.17) is 14.2 Å². The number of ether oxygens (including phenoxy) is 3. The normalized spacial score (nSPS) is 20.6. The number of hydrogen-bond donors (Lipinski definition) is 1. The standard InChI is InChI=1S/C36H39F6N3O7S/c1-3-7-28-34(52-23-20-29(53-22-23)36(40,41)42,11-6-15-45(28)30(46)24-21-43-14-10-25(24)35(37,38)39)31(47)44-16-12-33(13-17-44,32(48)49)26-8-4-5-9-27(26)51-19-18-50-2/h4-5,8-10,14,20-22,28H,3,6-7,11-13,15-19H2,1-2H3,(H,48,49)/t28-,34+/m1/s1. The monoisotopic (exact) mass is 771 g/mol. The van der Waals surface area contributed by atoms with E-state index in [-0.39, 0.29) is 70.7 Å². The van der Waals surface area contributed by atoms with Crippen LogP contribution in [0.25, 0.3) is 0 Å². The minimum atomic E-state index is -4.91. The first-order valence-electron chi connectivity index (χ1n) is 17.0. The van der Waals surface area contributed by atoms with Crippen LogP contribution in [0.1, 0.15) is 71.8 Å². The fourth-order valence-corrected chi connectivity index (χ4v) is 7.96. The van der Waals surface area contributed by atoms with Crippen molar-refractivity contribution in [2.24, 2.45) is 0 Å². The first-order chi connectivity index (χ1) is 25.1. The minimum absolute atomic E-state index is 0.0500. The zero-order valence-corrected chi connectivity index (χ0v) is 29.8. The van der Waals surface area contributed by atoms with E-state index >= 15 is 0 Å². The van der Waals surface area contributed by atoms with Crippen molar-refractivity contribution in [3.63, 3.8) is 0 Å². The number of piperidine rings is 2. The lowest BCUT2D eigenvalue weighted by Gasteiger charge is -2.51. The van der Waals surface area contributed by atoms with Crippen molar-refractivity contribution in [3.8, 4) is 11.5 Å². The maximum absolute atomic E-state index is 14.9. The predicted octanol–water partition coefficient (Wildman–Crippen LogP) is 7.07. The van der Waals surface area contributed by atoms with Gasteiger partial charge >= 0.3 is 18.3 Å². The summed E-state index contributed by atoms with van der Waals surface area (Å²) in [4.78, 5) is 47.2. The summed E-state index contributed by atoms with van der Waals surface area (Å²) in [5.41, 5.74) is -5.07. The fourth-order valence-electron chi connectivity index (χ4n) is 7.28. The van der Waals surface area contributed by atoms with Gasteiger partial charge < -0.3 is 29.1 Å². The van der Waals surface area contributed by atoms with Crippen LogP contribution in [0.3, 0.4) is 0 Å².